The molecule has 0 fully saturated rings. The van der Waals surface area contributed by atoms with Crippen LogP contribution in [0.5, 0.6) is 0 Å². The van der Waals surface area contributed by atoms with E-state index in [0.29, 0.717) is 0 Å². The first-order chi connectivity index (χ1) is 12.8. The summed E-state index contributed by atoms with van der Waals surface area (Å²) in [5.41, 5.74) is -18.8. The molecule has 0 aliphatic carbocycles. The van der Waals surface area contributed by atoms with Gasteiger partial charge < -0.3 is 10.2 Å². The number of aliphatic hydroxyl groups is 2. The fourth-order valence-electron chi connectivity index (χ4n) is 2.45. The Kier molecular flexibility index (Phi) is 6.06. The van der Waals surface area contributed by atoms with E-state index in [1.54, 1.807) is 0 Å². The summed E-state index contributed by atoms with van der Waals surface area (Å²) in [6.45, 7) is 3.20. The van der Waals surface area contributed by atoms with Crippen molar-refractivity contribution in [3.05, 3.63) is 34.9 Å². The minimum atomic E-state index is -6.58. The lowest BCUT2D eigenvalue weighted by atomic mass is 9.78. The molecular weight excluding hydrogens is 452 g/mol. The van der Waals surface area contributed by atoms with Gasteiger partial charge in [0.1, 0.15) is 0 Å². The SMILES string of the molecule is CC(C)(C)c1cc(C(O)(C(F)(F)F)C(F)(F)F)cc(C(O)(C(F)(F)F)C(F)(F)F)c1. The van der Waals surface area contributed by atoms with Crippen LogP contribution in [0.1, 0.15) is 37.5 Å². The summed E-state index contributed by atoms with van der Waals surface area (Å²) in [7, 11) is 0. The van der Waals surface area contributed by atoms with Crippen molar-refractivity contribution >= 4 is 0 Å². The Morgan fingerprint density at radius 1 is 0.467 bits per heavy atom. The van der Waals surface area contributed by atoms with Gasteiger partial charge in [0.15, 0.2) is 0 Å². The minimum Gasteiger partial charge on any atom is -0.369 e. The second-order valence-corrected chi connectivity index (χ2v) is 7.46. The summed E-state index contributed by atoms with van der Waals surface area (Å²) < 4.78 is 158. The quantitative estimate of drug-likeness (QED) is 0.557. The highest BCUT2D eigenvalue weighted by atomic mass is 19.4. The molecule has 0 aromatic heterocycles. The highest BCUT2D eigenvalue weighted by Crippen LogP contribution is 2.54. The van der Waals surface area contributed by atoms with Crippen LogP contribution in [0.25, 0.3) is 0 Å². The normalized spacial score (nSPS) is 15.5. The number of hydrogen-bond donors (Lipinski definition) is 2. The summed E-state index contributed by atoms with van der Waals surface area (Å²) in [6, 6.07) is -0.841. The summed E-state index contributed by atoms with van der Waals surface area (Å²) in [4.78, 5) is 0. The molecule has 0 radical (unpaired) electrons. The molecular formula is C16H14F12O2. The fourth-order valence-corrected chi connectivity index (χ4v) is 2.45. The standard InChI is InChI=1S/C16H14F12O2/c1-10(2,3)7-4-8(11(29,13(17,18)19)14(20,21)22)6-9(5-7)12(30,15(23,24)25)16(26,27)28/h4-6,29-30H,1-3H3. The van der Waals surface area contributed by atoms with Gasteiger partial charge in [-0.25, -0.2) is 0 Å². The Hall–Kier alpha value is -1.70. The van der Waals surface area contributed by atoms with Gasteiger partial charge in [0, 0.05) is 11.1 Å². The maximum absolute atomic E-state index is 13.1. The molecule has 0 aliphatic rings. The van der Waals surface area contributed by atoms with Crippen LogP contribution in [0.4, 0.5) is 52.7 Å². The van der Waals surface area contributed by atoms with Gasteiger partial charge in [-0.05, 0) is 17.0 Å². The van der Waals surface area contributed by atoms with Gasteiger partial charge in [-0.15, -0.1) is 0 Å². The molecule has 0 heterocycles. The Morgan fingerprint density at radius 3 is 0.833 bits per heavy atom. The van der Waals surface area contributed by atoms with Crippen molar-refractivity contribution in [3.8, 4) is 0 Å². The molecule has 0 atom stereocenters. The van der Waals surface area contributed by atoms with Crippen molar-refractivity contribution in [2.75, 3.05) is 0 Å². The molecule has 0 spiro atoms. The van der Waals surface area contributed by atoms with Crippen molar-refractivity contribution in [1.82, 2.24) is 0 Å². The van der Waals surface area contributed by atoms with Crippen LogP contribution in [0.2, 0.25) is 0 Å². The first-order valence-electron chi connectivity index (χ1n) is 7.70. The number of alkyl halides is 12. The molecule has 2 nitrogen and oxygen atoms in total. The molecule has 174 valence electrons. The molecule has 1 rings (SSSR count). The average Bonchev–Trinajstić information content (AvgIpc) is 2.47. The summed E-state index contributed by atoms with van der Waals surface area (Å²) in [5, 5.41) is 18.9. The van der Waals surface area contributed by atoms with Crippen LogP contribution in [-0.4, -0.2) is 34.9 Å². The van der Waals surface area contributed by atoms with Crippen molar-refractivity contribution < 1.29 is 62.9 Å². The Bertz CT molecular complexity index is 694. The van der Waals surface area contributed by atoms with E-state index in [4.69, 9.17) is 0 Å². The van der Waals surface area contributed by atoms with Crippen LogP contribution < -0.4 is 0 Å². The monoisotopic (exact) mass is 466 g/mol. The van der Waals surface area contributed by atoms with E-state index in [-0.39, 0.29) is 12.1 Å². The minimum absolute atomic E-state index is 0.0162. The van der Waals surface area contributed by atoms with Crippen LogP contribution in [0, 0.1) is 0 Å². The smallest absolute Gasteiger partial charge is 0.369 e. The highest BCUT2D eigenvalue weighted by molar-refractivity contribution is 5.42. The number of halogens is 12. The highest BCUT2D eigenvalue weighted by Gasteiger charge is 2.74. The van der Waals surface area contributed by atoms with Crippen molar-refractivity contribution in [1.29, 1.82) is 0 Å². The molecule has 0 saturated carbocycles. The lowest BCUT2D eigenvalue weighted by molar-refractivity contribution is -0.378. The zero-order valence-electron chi connectivity index (χ0n) is 15.2. The number of rotatable bonds is 2. The van der Waals surface area contributed by atoms with Gasteiger partial charge in [0.25, 0.3) is 11.2 Å². The van der Waals surface area contributed by atoms with E-state index in [1.165, 1.54) is 0 Å². The maximum atomic E-state index is 13.1. The zero-order valence-corrected chi connectivity index (χ0v) is 15.2. The van der Waals surface area contributed by atoms with E-state index < -0.39 is 64.1 Å². The number of benzene rings is 1. The van der Waals surface area contributed by atoms with Gasteiger partial charge in [0.2, 0.25) is 0 Å². The van der Waals surface area contributed by atoms with Crippen molar-refractivity contribution in [2.45, 2.75) is 62.1 Å². The maximum Gasteiger partial charge on any atom is 0.430 e. The van der Waals surface area contributed by atoms with Crippen LogP contribution in [-0.2, 0) is 16.6 Å². The molecule has 14 heteroatoms. The lowest BCUT2D eigenvalue weighted by Gasteiger charge is -2.37. The lowest BCUT2D eigenvalue weighted by Crippen LogP contribution is -2.56. The van der Waals surface area contributed by atoms with Gasteiger partial charge in [-0.2, -0.15) is 52.7 Å². The predicted molar refractivity (Wildman–Crippen MR) is 77.2 cm³/mol. The number of hydrogen-bond acceptors (Lipinski definition) is 2. The van der Waals surface area contributed by atoms with Crippen LogP contribution in [0.3, 0.4) is 0 Å². The second kappa shape index (κ2) is 6.90. The molecule has 1 aromatic carbocycles. The van der Waals surface area contributed by atoms with Crippen LogP contribution >= 0.6 is 0 Å². The van der Waals surface area contributed by atoms with E-state index in [2.05, 4.69) is 0 Å². The third kappa shape index (κ3) is 4.07. The third-order valence-corrected chi connectivity index (χ3v) is 4.28. The molecule has 0 bridgehead atoms. The van der Waals surface area contributed by atoms with E-state index in [9.17, 15) is 62.9 Å². The summed E-state index contributed by atoms with van der Waals surface area (Å²) in [6.07, 6.45) is -26.3. The largest absolute Gasteiger partial charge is 0.430 e. The average molecular weight is 466 g/mol. The molecule has 0 amide bonds. The molecule has 30 heavy (non-hydrogen) atoms. The molecule has 0 aliphatic heterocycles. The van der Waals surface area contributed by atoms with Gasteiger partial charge in [-0.1, -0.05) is 32.9 Å². The summed E-state index contributed by atoms with van der Waals surface area (Å²) >= 11 is 0. The van der Waals surface area contributed by atoms with Gasteiger partial charge in [0.05, 0.1) is 0 Å². The Balaban J connectivity index is 4.19. The first-order valence-corrected chi connectivity index (χ1v) is 7.70. The van der Waals surface area contributed by atoms with Crippen LogP contribution in [0.15, 0.2) is 18.2 Å². The van der Waals surface area contributed by atoms with Gasteiger partial charge in [-0.3, -0.25) is 0 Å². The summed E-state index contributed by atoms with van der Waals surface area (Å²) in [5.74, 6) is 0. The van der Waals surface area contributed by atoms with Gasteiger partial charge >= 0.3 is 24.7 Å². The first kappa shape index (κ1) is 26.3. The van der Waals surface area contributed by atoms with Crippen molar-refractivity contribution in [3.63, 3.8) is 0 Å². The fraction of sp³-hybridized carbons (Fsp3) is 0.625. The second-order valence-electron chi connectivity index (χ2n) is 7.46. The Labute approximate surface area is 161 Å². The molecule has 0 saturated heterocycles. The molecule has 0 unspecified atom stereocenters. The Morgan fingerprint density at radius 2 is 0.667 bits per heavy atom. The van der Waals surface area contributed by atoms with E-state index in [0.717, 1.165) is 20.8 Å². The zero-order chi connectivity index (χ0) is 24.4. The van der Waals surface area contributed by atoms with E-state index >= 15 is 0 Å². The third-order valence-electron chi connectivity index (χ3n) is 4.28. The van der Waals surface area contributed by atoms with E-state index in [1.807, 2.05) is 0 Å². The topological polar surface area (TPSA) is 40.5 Å². The van der Waals surface area contributed by atoms with Crippen molar-refractivity contribution in [2.24, 2.45) is 0 Å². The molecule has 1 aromatic rings. The predicted octanol–water partition coefficient (Wildman–Crippen LogP) is 5.61. The molecule has 2 N–H and O–H groups in total.